The van der Waals surface area contributed by atoms with Crippen molar-refractivity contribution < 1.29 is 0 Å². The number of unbranched alkanes of at least 4 members (excludes halogenated alkanes) is 8. The first-order chi connectivity index (χ1) is 10.8. The summed E-state index contributed by atoms with van der Waals surface area (Å²) in [5.74, 6) is 2.03. The first-order valence-electron chi connectivity index (χ1n) is 10.8. The Kier molecular flexibility index (Phi) is 17.4. The largest absolute Gasteiger partial charge is 0.0654 e. The molecule has 0 radical (unpaired) electrons. The minimum absolute atomic E-state index is 1.01. The molecule has 0 nitrogen and oxygen atoms in total. The van der Waals surface area contributed by atoms with Gasteiger partial charge >= 0.3 is 0 Å². The van der Waals surface area contributed by atoms with Crippen molar-refractivity contribution in [3.63, 3.8) is 0 Å². The topological polar surface area (TPSA) is 0 Å². The van der Waals surface area contributed by atoms with Gasteiger partial charge in [0, 0.05) is 0 Å². The van der Waals surface area contributed by atoms with E-state index in [1.165, 1.54) is 103 Å². The summed E-state index contributed by atoms with van der Waals surface area (Å²) in [7, 11) is 0. The molecule has 0 amide bonds. The van der Waals surface area contributed by atoms with Gasteiger partial charge in [0.2, 0.25) is 0 Å². The third-order valence-corrected chi connectivity index (χ3v) is 5.39. The van der Waals surface area contributed by atoms with Crippen LogP contribution in [-0.4, -0.2) is 0 Å². The Bertz CT molecular complexity index is 196. The quantitative estimate of drug-likeness (QED) is 0.236. The molecule has 0 aliphatic rings. The van der Waals surface area contributed by atoms with E-state index in [0.717, 1.165) is 11.8 Å². The molecule has 2 unspecified atom stereocenters. The molecule has 22 heavy (non-hydrogen) atoms. The Hall–Kier alpha value is 0. The van der Waals surface area contributed by atoms with Crippen LogP contribution in [0.25, 0.3) is 0 Å². The molecule has 2 atom stereocenters. The van der Waals surface area contributed by atoms with Crippen LogP contribution in [0.15, 0.2) is 0 Å². The summed E-state index contributed by atoms with van der Waals surface area (Å²) in [6.07, 6.45) is 23.2. The van der Waals surface area contributed by atoms with E-state index in [2.05, 4.69) is 27.7 Å². The van der Waals surface area contributed by atoms with Gasteiger partial charge in [0.1, 0.15) is 0 Å². The molecule has 0 aliphatic heterocycles. The van der Waals surface area contributed by atoms with E-state index in [9.17, 15) is 0 Å². The second-order valence-corrected chi connectivity index (χ2v) is 7.57. The standard InChI is InChI=1S/C22H46/c1-5-9-12-13-14-16-19-22(17-11-7-3)20-21(8-4)18-15-10-6-2/h21-22H,5-20H2,1-4H3. The molecule has 0 aromatic carbocycles. The molecule has 0 rings (SSSR count). The van der Waals surface area contributed by atoms with Gasteiger partial charge in [-0.1, -0.05) is 124 Å². The second-order valence-electron chi connectivity index (χ2n) is 7.57. The van der Waals surface area contributed by atoms with Gasteiger partial charge in [-0.2, -0.15) is 0 Å². The predicted octanol–water partition coefficient (Wildman–Crippen LogP) is 8.54. The maximum atomic E-state index is 2.41. The summed E-state index contributed by atoms with van der Waals surface area (Å²) in [4.78, 5) is 0. The minimum Gasteiger partial charge on any atom is -0.0654 e. The van der Waals surface area contributed by atoms with Crippen LogP contribution in [0.4, 0.5) is 0 Å². The van der Waals surface area contributed by atoms with Crippen molar-refractivity contribution in [2.75, 3.05) is 0 Å². The normalized spacial score (nSPS) is 14.2. The van der Waals surface area contributed by atoms with E-state index in [1.54, 1.807) is 0 Å². The first kappa shape index (κ1) is 22.0. The molecule has 0 aromatic heterocycles. The van der Waals surface area contributed by atoms with Crippen molar-refractivity contribution in [3.05, 3.63) is 0 Å². The van der Waals surface area contributed by atoms with E-state index in [0.29, 0.717) is 0 Å². The Balaban J connectivity index is 3.96. The van der Waals surface area contributed by atoms with Crippen molar-refractivity contribution in [2.45, 2.75) is 130 Å². The van der Waals surface area contributed by atoms with E-state index < -0.39 is 0 Å². The molecule has 0 fully saturated rings. The lowest BCUT2D eigenvalue weighted by Crippen LogP contribution is -2.09. The lowest BCUT2D eigenvalue weighted by atomic mass is 9.83. The fourth-order valence-electron chi connectivity index (χ4n) is 3.73. The van der Waals surface area contributed by atoms with Gasteiger partial charge in [0.05, 0.1) is 0 Å². The average Bonchev–Trinajstić information content (AvgIpc) is 2.54. The van der Waals surface area contributed by atoms with Crippen LogP contribution in [0.1, 0.15) is 130 Å². The smallest absolute Gasteiger partial charge is 0.0412 e. The van der Waals surface area contributed by atoms with Crippen molar-refractivity contribution >= 4 is 0 Å². The molecule has 134 valence electrons. The molecule has 0 saturated heterocycles. The maximum Gasteiger partial charge on any atom is -0.0412 e. The summed E-state index contributed by atoms with van der Waals surface area (Å²) in [5.41, 5.74) is 0. The van der Waals surface area contributed by atoms with Gasteiger partial charge in [-0.3, -0.25) is 0 Å². The van der Waals surface area contributed by atoms with E-state index in [-0.39, 0.29) is 0 Å². The molecular formula is C22H46. The van der Waals surface area contributed by atoms with Crippen LogP contribution < -0.4 is 0 Å². The zero-order valence-corrected chi connectivity index (χ0v) is 16.5. The third-order valence-electron chi connectivity index (χ3n) is 5.39. The number of hydrogen-bond donors (Lipinski definition) is 0. The van der Waals surface area contributed by atoms with Crippen molar-refractivity contribution in [3.8, 4) is 0 Å². The van der Waals surface area contributed by atoms with E-state index in [4.69, 9.17) is 0 Å². The monoisotopic (exact) mass is 310 g/mol. The Labute approximate surface area is 142 Å². The molecule has 0 saturated carbocycles. The number of rotatable bonds is 17. The van der Waals surface area contributed by atoms with Crippen molar-refractivity contribution in [2.24, 2.45) is 11.8 Å². The van der Waals surface area contributed by atoms with Crippen LogP contribution in [0, 0.1) is 11.8 Å². The number of hydrogen-bond acceptors (Lipinski definition) is 0. The van der Waals surface area contributed by atoms with Gasteiger partial charge in [-0.05, 0) is 18.3 Å². The van der Waals surface area contributed by atoms with Crippen LogP contribution >= 0.6 is 0 Å². The average molecular weight is 311 g/mol. The molecule has 0 N–H and O–H groups in total. The zero-order chi connectivity index (χ0) is 16.5. The lowest BCUT2D eigenvalue weighted by molar-refractivity contribution is 0.296. The molecule has 0 aromatic rings. The molecule has 0 bridgehead atoms. The van der Waals surface area contributed by atoms with Crippen molar-refractivity contribution in [1.82, 2.24) is 0 Å². The summed E-state index contributed by atoms with van der Waals surface area (Å²) in [6.45, 7) is 9.40. The Morgan fingerprint density at radius 1 is 0.455 bits per heavy atom. The van der Waals surface area contributed by atoms with Crippen LogP contribution in [-0.2, 0) is 0 Å². The molecule has 0 aliphatic carbocycles. The summed E-state index contributed by atoms with van der Waals surface area (Å²) in [5, 5.41) is 0. The summed E-state index contributed by atoms with van der Waals surface area (Å²) >= 11 is 0. The molecule has 0 spiro atoms. The fourth-order valence-corrected chi connectivity index (χ4v) is 3.73. The van der Waals surface area contributed by atoms with Gasteiger partial charge in [0.15, 0.2) is 0 Å². The van der Waals surface area contributed by atoms with Gasteiger partial charge in [-0.15, -0.1) is 0 Å². The second kappa shape index (κ2) is 17.4. The van der Waals surface area contributed by atoms with E-state index >= 15 is 0 Å². The summed E-state index contributed by atoms with van der Waals surface area (Å²) in [6, 6.07) is 0. The van der Waals surface area contributed by atoms with Crippen LogP contribution in [0.5, 0.6) is 0 Å². The molecule has 0 heterocycles. The highest BCUT2D eigenvalue weighted by Crippen LogP contribution is 2.29. The Morgan fingerprint density at radius 2 is 0.909 bits per heavy atom. The minimum atomic E-state index is 1.01. The first-order valence-corrected chi connectivity index (χ1v) is 10.8. The van der Waals surface area contributed by atoms with Gasteiger partial charge in [-0.25, -0.2) is 0 Å². The maximum absolute atomic E-state index is 2.41. The fraction of sp³-hybridized carbons (Fsp3) is 1.00. The third kappa shape index (κ3) is 13.6. The van der Waals surface area contributed by atoms with Crippen LogP contribution in [0.3, 0.4) is 0 Å². The highest BCUT2D eigenvalue weighted by Gasteiger charge is 2.14. The summed E-state index contributed by atoms with van der Waals surface area (Å²) < 4.78 is 0. The molecule has 0 heteroatoms. The Morgan fingerprint density at radius 3 is 1.55 bits per heavy atom. The SMILES string of the molecule is CCCCCCCCC(CCCC)CC(CC)CCCCC. The predicted molar refractivity (Wildman–Crippen MR) is 104 cm³/mol. The van der Waals surface area contributed by atoms with Crippen LogP contribution in [0.2, 0.25) is 0 Å². The highest BCUT2D eigenvalue weighted by atomic mass is 14.2. The van der Waals surface area contributed by atoms with E-state index in [1.807, 2.05) is 0 Å². The highest BCUT2D eigenvalue weighted by molar-refractivity contribution is 4.67. The molecular weight excluding hydrogens is 264 g/mol. The lowest BCUT2D eigenvalue weighted by Gasteiger charge is -2.23. The van der Waals surface area contributed by atoms with Gasteiger partial charge in [0.25, 0.3) is 0 Å². The van der Waals surface area contributed by atoms with Crippen molar-refractivity contribution in [1.29, 1.82) is 0 Å². The zero-order valence-electron chi connectivity index (χ0n) is 16.5. The van der Waals surface area contributed by atoms with Gasteiger partial charge < -0.3 is 0 Å².